The van der Waals surface area contributed by atoms with Crippen molar-refractivity contribution in [3.63, 3.8) is 0 Å². The summed E-state index contributed by atoms with van der Waals surface area (Å²) >= 11 is 0. The first-order valence-electron chi connectivity index (χ1n) is 6.83. The van der Waals surface area contributed by atoms with Gasteiger partial charge in [0, 0.05) is 19.0 Å². The van der Waals surface area contributed by atoms with Crippen LogP contribution in [0.1, 0.15) is 51.9 Å². The summed E-state index contributed by atoms with van der Waals surface area (Å²) in [5.41, 5.74) is 5.89. The molecule has 2 fully saturated rings. The van der Waals surface area contributed by atoms with Crippen molar-refractivity contribution in [2.75, 3.05) is 6.54 Å². The van der Waals surface area contributed by atoms with Gasteiger partial charge >= 0.3 is 0 Å². The van der Waals surface area contributed by atoms with Crippen LogP contribution in [0.15, 0.2) is 5.16 Å². The number of oxime groups is 1. The van der Waals surface area contributed by atoms with Crippen LogP contribution in [-0.4, -0.2) is 23.6 Å². The first-order valence-corrected chi connectivity index (χ1v) is 6.83. The van der Waals surface area contributed by atoms with Gasteiger partial charge in [-0.2, -0.15) is 0 Å². The van der Waals surface area contributed by atoms with E-state index in [-0.39, 0.29) is 0 Å². The third kappa shape index (κ3) is 3.60. The molecule has 0 aromatic carbocycles. The van der Waals surface area contributed by atoms with Gasteiger partial charge in [0.2, 0.25) is 0 Å². The molecule has 0 bridgehead atoms. The fourth-order valence-electron chi connectivity index (χ4n) is 2.84. The Morgan fingerprint density at radius 2 is 2.00 bits per heavy atom. The molecule has 17 heavy (non-hydrogen) atoms. The molecule has 0 amide bonds. The van der Waals surface area contributed by atoms with E-state index < -0.39 is 0 Å². The molecule has 0 saturated heterocycles. The van der Waals surface area contributed by atoms with Crippen molar-refractivity contribution in [1.29, 1.82) is 0 Å². The van der Waals surface area contributed by atoms with Gasteiger partial charge in [-0.05, 0) is 49.9 Å². The van der Waals surface area contributed by atoms with Crippen molar-refractivity contribution in [3.8, 4) is 0 Å². The van der Waals surface area contributed by atoms with Gasteiger partial charge in [-0.1, -0.05) is 12.1 Å². The number of amidine groups is 1. The van der Waals surface area contributed by atoms with Crippen LogP contribution in [0, 0.1) is 11.3 Å². The average Bonchev–Trinajstić information content (AvgIpc) is 3.09. The van der Waals surface area contributed by atoms with E-state index >= 15 is 0 Å². The maximum atomic E-state index is 8.61. The molecule has 0 aromatic rings. The maximum absolute atomic E-state index is 8.61. The molecular formula is C13H25N3O. The molecule has 0 aromatic heterocycles. The summed E-state index contributed by atoms with van der Waals surface area (Å²) in [7, 11) is 0. The van der Waals surface area contributed by atoms with Crippen LogP contribution >= 0.6 is 0 Å². The van der Waals surface area contributed by atoms with E-state index in [1.54, 1.807) is 0 Å². The Hall–Kier alpha value is -0.770. The number of nitrogens with zero attached hydrogens (tertiary/aromatic N) is 1. The minimum atomic E-state index is 0.291. The van der Waals surface area contributed by atoms with Crippen LogP contribution in [0.3, 0.4) is 0 Å². The lowest BCUT2D eigenvalue weighted by molar-refractivity contribution is 0.289. The van der Waals surface area contributed by atoms with Crippen molar-refractivity contribution in [2.24, 2.45) is 22.2 Å². The van der Waals surface area contributed by atoms with Crippen LogP contribution in [0.2, 0.25) is 0 Å². The lowest BCUT2D eigenvalue weighted by Crippen LogP contribution is -2.37. The van der Waals surface area contributed by atoms with E-state index in [0.717, 1.165) is 18.9 Å². The van der Waals surface area contributed by atoms with E-state index in [1.807, 2.05) is 0 Å². The molecule has 0 radical (unpaired) electrons. The minimum absolute atomic E-state index is 0.291. The highest BCUT2D eigenvalue weighted by Gasteiger charge is 2.43. The monoisotopic (exact) mass is 239 g/mol. The zero-order chi connectivity index (χ0) is 12.3. The van der Waals surface area contributed by atoms with Crippen molar-refractivity contribution < 1.29 is 5.21 Å². The number of nitrogens with one attached hydrogen (secondary N) is 1. The van der Waals surface area contributed by atoms with E-state index in [1.165, 1.54) is 38.5 Å². The minimum Gasteiger partial charge on any atom is -0.409 e. The molecule has 2 aliphatic carbocycles. The lowest BCUT2D eigenvalue weighted by Gasteiger charge is -2.28. The molecule has 4 nitrogen and oxygen atoms in total. The Labute approximate surface area is 104 Å². The quantitative estimate of drug-likeness (QED) is 0.298. The van der Waals surface area contributed by atoms with Gasteiger partial charge in [0.1, 0.15) is 5.84 Å². The molecule has 0 spiro atoms. The molecule has 0 atom stereocenters. The van der Waals surface area contributed by atoms with Gasteiger partial charge in [-0.3, -0.25) is 0 Å². The lowest BCUT2D eigenvalue weighted by atomic mass is 9.87. The zero-order valence-corrected chi connectivity index (χ0v) is 10.8. The first kappa shape index (κ1) is 12.7. The fourth-order valence-corrected chi connectivity index (χ4v) is 2.84. The van der Waals surface area contributed by atoms with Gasteiger partial charge in [0.05, 0.1) is 0 Å². The molecule has 2 rings (SSSR count). The maximum Gasteiger partial charge on any atom is 0.139 e. The number of hydrogen-bond donors (Lipinski definition) is 3. The summed E-state index contributed by atoms with van der Waals surface area (Å²) in [6.45, 7) is 3.37. The van der Waals surface area contributed by atoms with E-state index in [9.17, 15) is 0 Å². The number of nitrogens with two attached hydrogens (primary N) is 1. The molecule has 4 heteroatoms. The van der Waals surface area contributed by atoms with Gasteiger partial charge < -0.3 is 16.3 Å². The largest absolute Gasteiger partial charge is 0.409 e. The summed E-state index contributed by atoms with van der Waals surface area (Å²) in [5, 5.41) is 15.4. The van der Waals surface area contributed by atoms with Crippen LogP contribution in [0.4, 0.5) is 0 Å². The van der Waals surface area contributed by atoms with Crippen molar-refractivity contribution in [2.45, 2.75) is 57.9 Å². The second-order valence-electron chi connectivity index (χ2n) is 6.11. The van der Waals surface area contributed by atoms with E-state index in [4.69, 9.17) is 10.9 Å². The van der Waals surface area contributed by atoms with Gasteiger partial charge in [0.25, 0.3) is 0 Å². The highest BCUT2D eigenvalue weighted by atomic mass is 16.4. The van der Waals surface area contributed by atoms with Crippen LogP contribution in [-0.2, 0) is 0 Å². The van der Waals surface area contributed by atoms with Crippen molar-refractivity contribution in [1.82, 2.24) is 5.32 Å². The molecule has 0 heterocycles. The second-order valence-corrected chi connectivity index (χ2v) is 6.11. The molecule has 0 aliphatic heterocycles. The molecule has 2 aliphatic rings. The summed E-state index contributed by atoms with van der Waals surface area (Å²) in [6.07, 6.45) is 8.47. The highest BCUT2D eigenvalue weighted by molar-refractivity contribution is 5.80. The Kier molecular flexibility index (Phi) is 3.92. The summed E-state index contributed by atoms with van der Waals surface area (Å²) in [6, 6.07) is 0.691. The van der Waals surface area contributed by atoms with Gasteiger partial charge in [-0.25, -0.2) is 0 Å². The summed E-state index contributed by atoms with van der Waals surface area (Å²) in [4.78, 5) is 0. The van der Waals surface area contributed by atoms with Gasteiger partial charge in [0.15, 0.2) is 0 Å². The smallest absolute Gasteiger partial charge is 0.139 e. The molecule has 98 valence electrons. The number of hydrogen-bond acceptors (Lipinski definition) is 3. The second kappa shape index (κ2) is 5.25. The van der Waals surface area contributed by atoms with E-state index in [0.29, 0.717) is 17.3 Å². The average molecular weight is 239 g/mol. The SMILES string of the molecule is CC1CCC(NCC2(CC(N)=NO)CC2)CC1. The van der Waals surface area contributed by atoms with E-state index in [2.05, 4.69) is 17.4 Å². The molecule has 4 N–H and O–H groups in total. The Balaban J connectivity index is 1.71. The highest BCUT2D eigenvalue weighted by Crippen LogP contribution is 2.48. The molecule has 0 unspecified atom stereocenters. The Morgan fingerprint density at radius 1 is 1.35 bits per heavy atom. The molecule has 2 saturated carbocycles. The predicted octanol–water partition coefficient (Wildman–Crippen LogP) is 2.07. The number of rotatable bonds is 5. The van der Waals surface area contributed by atoms with Crippen molar-refractivity contribution >= 4 is 5.84 Å². The van der Waals surface area contributed by atoms with Crippen LogP contribution in [0.5, 0.6) is 0 Å². The van der Waals surface area contributed by atoms with Crippen LogP contribution in [0.25, 0.3) is 0 Å². The molecular weight excluding hydrogens is 214 g/mol. The summed E-state index contributed by atoms with van der Waals surface area (Å²) < 4.78 is 0. The zero-order valence-electron chi connectivity index (χ0n) is 10.8. The predicted molar refractivity (Wildman–Crippen MR) is 69.1 cm³/mol. The Bertz CT molecular complexity index is 278. The topological polar surface area (TPSA) is 70.6 Å². The third-order valence-electron chi connectivity index (χ3n) is 4.42. The third-order valence-corrected chi connectivity index (χ3v) is 4.42. The van der Waals surface area contributed by atoms with Gasteiger partial charge in [-0.15, -0.1) is 0 Å². The van der Waals surface area contributed by atoms with Crippen LogP contribution < -0.4 is 11.1 Å². The van der Waals surface area contributed by atoms with Crippen molar-refractivity contribution in [3.05, 3.63) is 0 Å². The fraction of sp³-hybridized carbons (Fsp3) is 0.923. The summed E-state index contributed by atoms with van der Waals surface area (Å²) in [5.74, 6) is 1.28. The Morgan fingerprint density at radius 3 is 2.53 bits per heavy atom. The normalized spacial score (nSPS) is 32.4. The first-order chi connectivity index (χ1) is 8.13. The standard InChI is InChI=1S/C13H25N3O/c1-10-2-4-11(5-3-10)15-9-13(6-7-13)8-12(14)16-17/h10-11,15,17H,2-9H2,1H3,(H2,14,16).